The molecule has 0 saturated carbocycles. The third-order valence-corrected chi connectivity index (χ3v) is 3.68. The second-order valence-corrected chi connectivity index (χ2v) is 5.19. The Labute approximate surface area is 122 Å². The smallest absolute Gasteiger partial charge is 0.334 e. The summed E-state index contributed by atoms with van der Waals surface area (Å²) in [6, 6.07) is 5.96. The summed E-state index contributed by atoms with van der Waals surface area (Å²) in [6.45, 7) is 2.63. The van der Waals surface area contributed by atoms with Crippen molar-refractivity contribution in [2.45, 2.75) is 19.8 Å². The van der Waals surface area contributed by atoms with Gasteiger partial charge in [0.1, 0.15) is 5.69 Å². The van der Waals surface area contributed by atoms with Crippen LogP contribution in [-0.4, -0.2) is 21.2 Å². The maximum atomic E-state index is 11.2. The molecule has 1 aromatic carbocycles. The summed E-state index contributed by atoms with van der Waals surface area (Å²) >= 11 is 0. The van der Waals surface area contributed by atoms with Crippen molar-refractivity contribution in [3.8, 4) is 0 Å². The molecule has 7 heteroatoms. The summed E-state index contributed by atoms with van der Waals surface area (Å²) in [4.78, 5) is 10.8. The van der Waals surface area contributed by atoms with E-state index in [0.717, 1.165) is 30.8 Å². The molecular formula is C14H17N5O2. The predicted octanol–water partition coefficient (Wildman–Crippen LogP) is 2.74. The minimum absolute atomic E-state index is 0.0216. The van der Waals surface area contributed by atoms with Crippen LogP contribution in [0, 0.1) is 17.0 Å². The average Bonchev–Trinajstić information content (AvgIpc) is 2.73. The molecule has 1 aliphatic rings. The maximum absolute atomic E-state index is 11.2. The van der Waals surface area contributed by atoms with Crippen molar-refractivity contribution in [2.75, 3.05) is 17.2 Å². The molecule has 21 heavy (non-hydrogen) atoms. The second kappa shape index (κ2) is 5.08. The number of nitrogens with zero attached hydrogens (tertiary/aromatic N) is 3. The summed E-state index contributed by atoms with van der Waals surface area (Å²) in [5.41, 5.74) is 3.64. The van der Waals surface area contributed by atoms with Gasteiger partial charge in [-0.25, -0.2) is 4.68 Å². The first-order valence-electron chi connectivity index (χ1n) is 6.88. The quantitative estimate of drug-likeness (QED) is 0.669. The maximum Gasteiger partial charge on any atom is 0.334 e. The van der Waals surface area contributed by atoms with Gasteiger partial charge in [-0.15, -0.1) is 0 Å². The highest BCUT2D eigenvalue weighted by molar-refractivity contribution is 5.70. The summed E-state index contributed by atoms with van der Waals surface area (Å²) in [5.74, 6) is 0.404. The molecule has 0 bridgehead atoms. The van der Waals surface area contributed by atoms with Crippen LogP contribution in [0.5, 0.6) is 0 Å². The fourth-order valence-corrected chi connectivity index (χ4v) is 2.70. The third-order valence-electron chi connectivity index (χ3n) is 3.68. The highest BCUT2D eigenvalue weighted by Crippen LogP contribution is 2.32. The topological polar surface area (TPSA) is 85.0 Å². The van der Waals surface area contributed by atoms with Crippen LogP contribution in [0.1, 0.15) is 17.7 Å². The number of rotatable bonds is 3. The molecule has 0 fully saturated rings. The van der Waals surface area contributed by atoms with E-state index >= 15 is 0 Å². The molecule has 0 amide bonds. The normalized spacial score (nSPS) is 13.4. The Bertz CT molecular complexity index is 708. The number of hydrogen-bond donors (Lipinski definition) is 2. The minimum Gasteiger partial charge on any atom is -0.385 e. The van der Waals surface area contributed by atoms with Crippen molar-refractivity contribution >= 4 is 22.9 Å². The van der Waals surface area contributed by atoms with E-state index in [2.05, 4.69) is 15.7 Å². The van der Waals surface area contributed by atoms with E-state index in [9.17, 15) is 10.1 Å². The molecular weight excluding hydrogens is 270 g/mol. The van der Waals surface area contributed by atoms with Gasteiger partial charge < -0.3 is 10.6 Å². The first-order valence-corrected chi connectivity index (χ1v) is 6.88. The van der Waals surface area contributed by atoms with E-state index in [0.29, 0.717) is 11.5 Å². The van der Waals surface area contributed by atoms with E-state index < -0.39 is 4.92 Å². The molecule has 0 unspecified atom stereocenters. The average molecular weight is 287 g/mol. The lowest BCUT2D eigenvalue weighted by Gasteiger charge is -2.19. The lowest BCUT2D eigenvalue weighted by molar-refractivity contribution is -0.384. The minimum atomic E-state index is -0.398. The monoisotopic (exact) mass is 287 g/mol. The molecule has 0 radical (unpaired) electrons. The number of fused-ring (bicyclic) bond motifs is 1. The van der Waals surface area contributed by atoms with Gasteiger partial charge >= 0.3 is 5.69 Å². The highest BCUT2D eigenvalue weighted by atomic mass is 16.6. The lowest BCUT2D eigenvalue weighted by Crippen LogP contribution is -2.11. The largest absolute Gasteiger partial charge is 0.385 e. The van der Waals surface area contributed by atoms with E-state index in [-0.39, 0.29) is 5.69 Å². The molecule has 0 atom stereocenters. The molecule has 1 aliphatic heterocycles. The molecule has 3 rings (SSSR count). The number of aromatic nitrogens is 2. The molecule has 1 aromatic heterocycles. The zero-order chi connectivity index (χ0) is 15.0. The van der Waals surface area contributed by atoms with Gasteiger partial charge in [-0.2, -0.15) is 5.10 Å². The van der Waals surface area contributed by atoms with Gasteiger partial charge in [0, 0.05) is 25.0 Å². The Balaban J connectivity index is 1.95. The number of nitrogens with one attached hydrogen (secondary N) is 2. The summed E-state index contributed by atoms with van der Waals surface area (Å²) in [6.07, 6.45) is 2.12. The molecule has 0 spiro atoms. The molecule has 2 heterocycles. The van der Waals surface area contributed by atoms with Crippen molar-refractivity contribution in [3.05, 3.63) is 39.6 Å². The Kier molecular flexibility index (Phi) is 3.25. The van der Waals surface area contributed by atoms with Crippen molar-refractivity contribution in [3.63, 3.8) is 0 Å². The number of benzene rings is 1. The van der Waals surface area contributed by atoms with E-state index in [1.807, 2.05) is 18.2 Å². The second-order valence-electron chi connectivity index (χ2n) is 5.19. The van der Waals surface area contributed by atoms with Crippen molar-refractivity contribution < 1.29 is 4.92 Å². The number of anilines is 3. The Morgan fingerprint density at radius 1 is 1.48 bits per heavy atom. The van der Waals surface area contributed by atoms with Crippen molar-refractivity contribution in [2.24, 2.45) is 7.05 Å². The highest BCUT2D eigenvalue weighted by Gasteiger charge is 2.24. The van der Waals surface area contributed by atoms with Crippen LogP contribution in [0.3, 0.4) is 0 Å². The zero-order valence-electron chi connectivity index (χ0n) is 12.0. The fraction of sp³-hybridized carbons (Fsp3) is 0.357. The van der Waals surface area contributed by atoms with Crippen molar-refractivity contribution in [1.82, 2.24) is 9.78 Å². The zero-order valence-corrected chi connectivity index (χ0v) is 12.0. The van der Waals surface area contributed by atoms with Gasteiger partial charge in [0.05, 0.1) is 4.92 Å². The van der Waals surface area contributed by atoms with Crippen LogP contribution in [0.15, 0.2) is 18.2 Å². The van der Waals surface area contributed by atoms with E-state index in [1.54, 1.807) is 14.0 Å². The third kappa shape index (κ3) is 2.42. The van der Waals surface area contributed by atoms with Crippen LogP contribution in [0.25, 0.3) is 0 Å². The van der Waals surface area contributed by atoms with Gasteiger partial charge in [-0.3, -0.25) is 10.1 Å². The number of aryl methyl sites for hydroxylation is 3. The van der Waals surface area contributed by atoms with Crippen molar-refractivity contribution in [1.29, 1.82) is 0 Å². The molecule has 0 aliphatic carbocycles. The fourth-order valence-electron chi connectivity index (χ4n) is 2.70. The van der Waals surface area contributed by atoms with E-state index in [4.69, 9.17) is 0 Å². The van der Waals surface area contributed by atoms with Gasteiger partial charge in [0.15, 0.2) is 0 Å². The summed E-state index contributed by atoms with van der Waals surface area (Å²) < 4.78 is 1.51. The van der Waals surface area contributed by atoms with Crippen LogP contribution in [0.2, 0.25) is 0 Å². The number of nitro groups is 1. The Morgan fingerprint density at radius 2 is 2.29 bits per heavy atom. The van der Waals surface area contributed by atoms with Gasteiger partial charge in [-0.05, 0) is 43.5 Å². The Hall–Kier alpha value is -2.57. The van der Waals surface area contributed by atoms with Crippen LogP contribution in [-0.2, 0) is 13.5 Å². The van der Waals surface area contributed by atoms with Gasteiger partial charge in [0.2, 0.25) is 5.82 Å². The molecule has 2 aromatic rings. The van der Waals surface area contributed by atoms with Gasteiger partial charge in [0.25, 0.3) is 0 Å². The molecule has 2 N–H and O–H groups in total. The van der Waals surface area contributed by atoms with Gasteiger partial charge in [-0.1, -0.05) is 0 Å². The molecule has 0 saturated heterocycles. The Morgan fingerprint density at radius 3 is 3.05 bits per heavy atom. The first kappa shape index (κ1) is 13.4. The molecule has 7 nitrogen and oxygen atoms in total. The predicted molar refractivity (Wildman–Crippen MR) is 81.1 cm³/mol. The first-order chi connectivity index (χ1) is 10.1. The van der Waals surface area contributed by atoms with E-state index in [1.165, 1.54) is 10.2 Å². The van der Waals surface area contributed by atoms with Crippen LogP contribution < -0.4 is 10.6 Å². The number of hydrogen-bond acceptors (Lipinski definition) is 5. The standard InChI is InChI=1S/C14H17N5O2/c1-9-13(19(20)21)14(18(2)17-9)16-11-5-6-12-10(8-11)4-3-7-15-12/h5-6,8,15-16H,3-4,7H2,1-2H3. The summed E-state index contributed by atoms with van der Waals surface area (Å²) in [5, 5.41) is 21.8. The SMILES string of the molecule is Cc1nn(C)c(Nc2ccc3c(c2)CCCN3)c1[N+](=O)[O-]. The summed E-state index contributed by atoms with van der Waals surface area (Å²) in [7, 11) is 1.70. The lowest BCUT2D eigenvalue weighted by atomic mass is 10.0. The van der Waals surface area contributed by atoms with Crippen LogP contribution >= 0.6 is 0 Å². The van der Waals surface area contributed by atoms with Crippen LogP contribution in [0.4, 0.5) is 22.9 Å². The molecule has 110 valence electrons.